The average Bonchev–Trinajstić information content (AvgIpc) is 3.68. The lowest BCUT2D eigenvalue weighted by Gasteiger charge is -2.15. The minimum absolute atomic E-state index is 0.939. The van der Waals surface area contributed by atoms with Crippen molar-refractivity contribution in [2.24, 2.45) is 0 Å². The lowest BCUT2D eigenvalue weighted by atomic mass is 9.94. The normalized spacial score (nSPS) is 11.4. The molecule has 0 saturated heterocycles. The van der Waals surface area contributed by atoms with Crippen LogP contribution in [0.3, 0.4) is 0 Å². The van der Waals surface area contributed by atoms with Gasteiger partial charge in [-0.25, -0.2) is 4.98 Å². The van der Waals surface area contributed by atoms with E-state index in [1.807, 2.05) is 6.20 Å². The van der Waals surface area contributed by atoms with Gasteiger partial charge in [-0.3, -0.25) is 4.57 Å². The molecule has 0 fully saturated rings. The zero-order chi connectivity index (χ0) is 29.6. The van der Waals surface area contributed by atoms with Crippen molar-refractivity contribution in [2.45, 2.75) is 13.8 Å². The number of nitrogens with zero attached hydrogens (tertiary/aromatic N) is 3. The predicted octanol–water partition coefficient (Wildman–Crippen LogP) is 10.6. The maximum atomic E-state index is 4.78. The summed E-state index contributed by atoms with van der Waals surface area (Å²) in [4.78, 5) is 4.78. The Bertz CT molecular complexity index is 2250. The third-order valence-electron chi connectivity index (χ3n) is 8.67. The molecular weight excluding hydrogens is 534 g/mol. The lowest BCUT2D eigenvalue weighted by Crippen LogP contribution is -2.01. The quantitative estimate of drug-likeness (QED) is 0.204. The number of aromatic nitrogens is 3. The van der Waals surface area contributed by atoms with Gasteiger partial charge in [0.25, 0.3) is 0 Å². The molecule has 0 radical (unpaired) electrons. The van der Waals surface area contributed by atoms with E-state index >= 15 is 0 Å². The molecule has 0 aliphatic rings. The van der Waals surface area contributed by atoms with Crippen LogP contribution >= 0.6 is 0 Å². The Morgan fingerprint density at radius 3 is 1.91 bits per heavy atom. The first-order valence-corrected chi connectivity index (χ1v) is 15.1. The highest BCUT2D eigenvalue weighted by molar-refractivity contribution is 6.17. The molecular formula is C41H31N3. The largest absolute Gasteiger partial charge is 0.309 e. The summed E-state index contributed by atoms with van der Waals surface area (Å²) < 4.78 is 4.61. The average molecular weight is 566 g/mol. The zero-order valence-corrected chi connectivity index (χ0v) is 24.8. The second-order valence-corrected chi connectivity index (χ2v) is 11.4. The van der Waals surface area contributed by atoms with E-state index in [2.05, 4.69) is 169 Å². The highest BCUT2D eigenvalue weighted by Crippen LogP contribution is 2.41. The molecule has 0 atom stereocenters. The van der Waals surface area contributed by atoms with Gasteiger partial charge >= 0.3 is 0 Å². The monoisotopic (exact) mass is 565 g/mol. The van der Waals surface area contributed by atoms with Crippen molar-refractivity contribution in [3.05, 3.63) is 163 Å². The van der Waals surface area contributed by atoms with Crippen molar-refractivity contribution >= 4 is 21.8 Å². The van der Waals surface area contributed by atoms with Gasteiger partial charge in [-0.1, -0.05) is 97.1 Å². The van der Waals surface area contributed by atoms with Crippen molar-refractivity contribution < 1.29 is 0 Å². The summed E-state index contributed by atoms with van der Waals surface area (Å²) in [5.41, 5.74) is 13.1. The third-order valence-corrected chi connectivity index (χ3v) is 8.67. The number of para-hydroxylation sites is 2. The summed E-state index contributed by atoms with van der Waals surface area (Å²) in [7, 11) is 0. The maximum absolute atomic E-state index is 4.78. The maximum Gasteiger partial charge on any atom is 0.144 e. The fourth-order valence-electron chi connectivity index (χ4n) is 6.66. The van der Waals surface area contributed by atoms with E-state index in [1.54, 1.807) is 0 Å². The minimum atomic E-state index is 0.939. The van der Waals surface area contributed by atoms with Crippen LogP contribution in [0.25, 0.3) is 66.8 Å². The molecule has 210 valence electrons. The zero-order valence-electron chi connectivity index (χ0n) is 24.8. The number of hydrogen-bond donors (Lipinski definition) is 0. The van der Waals surface area contributed by atoms with Crippen LogP contribution in [0.2, 0.25) is 0 Å². The molecule has 2 aromatic heterocycles. The number of benzene rings is 6. The number of aryl methyl sites for hydroxylation is 2. The van der Waals surface area contributed by atoms with Crippen molar-refractivity contribution in [3.8, 4) is 45.0 Å². The molecule has 0 amide bonds. The van der Waals surface area contributed by atoms with Crippen LogP contribution in [0.4, 0.5) is 0 Å². The Labute approximate surface area is 257 Å². The van der Waals surface area contributed by atoms with Gasteiger partial charge in [-0.15, -0.1) is 0 Å². The molecule has 0 aliphatic carbocycles. The highest BCUT2D eigenvalue weighted by Gasteiger charge is 2.19. The third kappa shape index (κ3) is 4.25. The van der Waals surface area contributed by atoms with Crippen molar-refractivity contribution in [3.63, 3.8) is 0 Å². The summed E-state index contributed by atoms with van der Waals surface area (Å²) in [5, 5.41) is 2.51. The van der Waals surface area contributed by atoms with Gasteiger partial charge in [0, 0.05) is 34.4 Å². The number of fused-ring (bicyclic) bond motifs is 3. The number of rotatable bonds is 5. The topological polar surface area (TPSA) is 22.8 Å². The van der Waals surface area contributed by atoms with E-state index in [4.69, 9.17) is 4.98 Å². The molecule has 0 saturated carbocycles. The van der Waals surface area contributed by atoms with E-state index in [-0.39, 0.29) is 0 Å². The van der Waals surface area contributed by atoms with E-state index in [0.717, 1.165) is 17.1 Å². The van der Waals surface area contributed by atoms with Gasteiger partial charge in [0.2, 0.25) is 0 Å². The highest BCUT2D eigenvalue weighted by atomic mass is 15.1. The predicted molar refractivity (Wildman–Crippen MR) is 184 cm³/mol. The van der Waals surface area contributed by atoms with Crippen LogP contribution in [0.5, 0.6) is 0 Å². The van der Waals surface area contributed by atoms with Gasteiger partial charge in [-0.2, -0.15) is 0 Å². The van der Waals surface area contributed by atoms with Crippen LogP contribution in [0.15, 0.2) is 152 Å². The van der Waals surface area contributed by atoms with Gasteiger partial charge in [-0.05, 0) is 89.7 Å². The number of imidazole rings is 1. The minimum Gasteiger partial charge on any atom is -0.309 e. The first-order chi connectivity index (χ1) is 21.7. The lowest BCUT2D eigenvalue weighted by molar-refractivity contribution is 1.03. The first kappa shape index (κ1) is 26.0. The van der Waals surface area contributed by atoms with Crippen molar-refractivity contribution in [2.75, 3.05) is 0 Å². The van der Waals surface area contributed by atoms with Crippen LogP contribution in [0, 0.1) is 13.8 Å². The summed E-state index contributed by atoms with van der Waals surface area (Å²) in [6, 6.07) is 50.1. The second kappa shape index (κ2) is 10.6. The molecule has 0 bridgehead atoms. The molecule has 0 N–H and O–H groups in total. The Hall–Kier alpha value is -5.67. The molecule has 8 rings (SSSR count). The second-order valence-electron chi connectivity index (χ2n) is 11.4. The fourth-order valence-corrected chi connectivity index (χ4v) is 6.66. The SMILES string of the molecule is Cc1cccc(C)c1-n1ccnc1-c1ccc(-n2c3ccccc3c3c(-c4ccccc4)cc(-c4ccccc4)cc32)cc1. The molecule has 0 unspecified atom stereocenters. The Morgan fingerprint density at radius 1 is 0.523 bits per heavy atom. The first-order valence-electron chi connectivity index (χ1n) is 15.1. The molecule has 2 heterocycles. The van der Waals surface area contributed by atoms with Gasteiger partial charge < -0.3 is 4.57 Å². The standard InChI is InChI=1S/C41H31N3/c1-28-12-11-13-29(2)40(28)43-25-24-42-41(43)32-20-22-34(23-21-32)44-37-19-10-9-18-35(37)39-36(31-16-7-4-8-17-31)26-33(27-38(39)44)30-14-5-3-6-15-30/h3-27H,1-2H3. The Morgan fingerprint density at radius 2 is 1.18 bits per heavy atom. The molecule has 3 nitrogen and oxygen atoms in total. The van der Waals surface area contributed by atoms with E-state index in [1.165, 1.54) is 60.9 Å². The molecule has 6 aromatic carbocycles. The van der Waals surface area contributed by atoms with Gasteiger partial charge in [0.05, 0.1) is 16.7 Å². The molecule has 8 aromatic rings. The van der Waals surface area contributed by atoms with Gasteiger partial charge in [0.1, 0.15) is 5.82 Å². The van der Waals surface area contributed by atoms with Crippen molar-refractivity contribution in [1.82, 2.24) is 14.1 Å². The summed E-state index contributed by atoms with van der Waals surface area (Å²) >= 11 is 0. The summed E-state index contributed by atoms with van der Waals surface area (Å²) in [6.07, 6.45) is 3.94. The molecule has 44 heavy (non-hydrogen) atoms. The van der Waals surface area contributed by atoms with Crippen LogP contribution in [-0.4, -0.2) is 14.1 Å². The van der Waals surface area contributed by atoms with E-state index < -0.39 is 0 Å². The summed E-state index contributed by atoms with van der Waals surface area (Å²) in [6.45, 7) is 4.32. The van der Waals surface area contributed by atoms with Crippen LogP contribution in [-0.2, 0) is 0 Å². The number of hydrogen-bond acceptors (Lipinski definition) is 1. The Kier molecular flexibility index (Phi) is 6.23. The van der Waals surface area contributed by atoms with E-state index in [0.29, 0.717) is 0 Å². The Balaban J connectivity index is 1.34. The van der Waals surface area contributed by atoms with Crippen molar-refractivity contribution in [1.29, 1.82) is 0 Å². The summed E-state index contributed by atoms with van der Waals surface area (Å²) in [5.74, 6) is 0.939. The van der Waals surface area contributed by atoms with Gasteiger partial charge in [0.15, 0.2) is 0 Å². The van der Waals surface area contributed by atoms with Crippen LogP contribution < -0.4 is 0 Å². The smallest absolute Gasteiger partial charge is 0.144 e. The molecule has 0 aliphatic heterocycles. The van der Waals surface area contributed by atoms with E-state index in [9.17, 15) is 0 Å². The fraction of sp³-hybridized carbons (Fsp3) is 0.0488. The van der Waals surface area contributed by atoms with Crippen LogP contribution in [0.1, 0.15) is 11.1 Å². The molecule has 0 spiro atoms. The molecule has 3 heteroatoms.